The van der Waals surface area contributed by atoms with Crippen LogP contribution in [0.2, 0.25) is 0 Å². The van der Waals surface area contributed by atoms with E-state index in [0.29, 0.717) is 17.3 Å². The van der Waals surface area contributed by atoms with E-state index in [1.807, 2.05) is 60.7 Å². The van der Waals surface area contributed by atoms with Gasteiger partial charge in [0, 0.05) is 6.08 Å². The number of phenolic OH excluding ortho intramolecular Hbond substituents is 1. The summed E-state index contributed by atoms with van der Waals surface area (Å²) < 4.78 is 11.4. The molecule has 25 heavy (non-hydrogen) atoms. The van der Waals surface area contributed by atoms with E-state index in [9.17, 15) is 5.11 Å². The molecule has 4 heteroatoms. The molecule has 3 rings (SSSR count). The van der Waals surface area contributed by atoms with E-state index < -0.39 is 0 Å². The molecule has 3 aromatic carbocycles. The van der Waals surface area contributed by atoms with Crippen molar-refractivity contribution in [2.24, 2.45) is 4.99 Å². The standard InChI is InChI=1S/C21H17NO3/c23-18-13-11-17(12-14-18)22-21(25-20-9-5-2-6-10-20)15-16-24-19-7-3-1-4-8-19/h1-16,23H. The summed E-state index contributed by atoms with van der Waals surface area (Å²) in [4.78, 5) is 4.44. The van der Waals surface area contributed by atoms with Crippen molar-refractivity contribution >= 4 is 11.6 Å². The minimum atomic E-state index is 0.187. The molecule has 3 aromatic rings. The van der Waals surface area contributed by atoms with Crippen molar-refractivity contribution < 1.29 is 14.6 Å². The van der Waals surface area contributed by atoms with Gasteiger partial charge >= 0.3 is 0 Å². The average molecular weight is 331 g/mol. The van der Waals surface area contributed by atoms with Gasteiger partial charge in [-0.25, -0.2) is 4.99 Å². The van der Waals surface area contributed by atoms with E-state index in [1.54, 1.807) is 30.3 Å². The fraction of sp³-hybridized carbons (Fsp3) is 0. The largest absolute Gasteiger partial charge is 0.508 e. The SMILES string of the molecule is Oc1ccc(N=C(C=COc2ccccc2)Oc2ccccc2)cc1. The third kappa shape index (κ3) is 5.25. The van der Waals surface area contributed by atoms with E-state index in [1.165, 1.54) is 6.26 Å². The first kappa shape index (κ1) is 16.3. The van der Waals surface area contributed by atoms with Gasteiger partial charge in [0.2, 0.25) is 5.90 Å². The number of aromatic hydroxyl groups is 1. The van der Waals surface area contributed by atoms with Crippen LogP contribution in [0.5, 0.6) is 17.2 Å². The number of nitrogens with zero attached hydrogens (tertiary/aromatic N) is 1. The highest BCUT2D eigenvalue weighted by Gasteiger charge is 2.01. The lowest BCUT2D eigenvalue weighted by Gasteiger charge is -2.06. The van der Waals surface area contributed by atoms with E-state index in [2.05, 4.69) is 4.99 Å². The lowest BCUT2D eigenvalue weighted by atomic mass is 10.3. The molecule has 0 fully saturated rings. The average Bonchev–Trinajstić information content (AvgIpc) is 2.65. The van der Waals surface area contributed by atoms with Crippen molar-refractivity contribution in [3.05, 3.63) is 97.3 Å². The molecular formula is C21H17NO3. The maximum absolute atomic E-state index is 9.38. The van der Waals surface area contributed by atoms with Gasteiger partial charge in [-0.1, -0.05) is 36.4 Å². The molecule has 0 aliphatic rings. The number of rotatable bonds is 5. The second kappa shape index (κ2) is 8.36. The van der Waals surface area contributed by atoms with Crippen molar-refractivity contribution in [3.8, 4) is 17.2 Å². The summed E-state index contributed by atoms with van der Waals surface area (Å²) in [6.45, 7) is 0. The summed E-state index contributed by atoms with van der Waals surface area (Å²) in [6, 6.07) is 25.4. The smallest absolute Gasteiger partial charge is 0.222 e. The van der Waals surface area contributed by atoms with Crippen molar-refractivity contribution in [1.29, 1.82) is 0 Å². The lowest BCUT2D eigenvalue weighted by molar-refractivity contribution is 0.475. The van der Waals surface area contributed by atoms with Gasteiger partial charge in [0.15, 0.2) is 0 Å². The van der Waals surface area contributed by atoms with Crippen LogP contribution in [0.3, 0.4) is 0 Å². The molecule has 0 heterocycles. The maximum atomic E-state index is 9.38. The summed E-state index contributed by atoms with van der Waals surface area (Å²) in [5.41, 5.74) is 0.660. The highest BCUT2D eigenvalue weighted by atomic mass is 16.5. The van der Waals surface area contributed by atoms with E-state index in [4.69, 9.17) is 9.47 Å². The van der Waals surface area contributed by atoms with Gasteiger partial charge in [-0.05, 0) is 48.5 Å². The quantitative estimate of drug-likeness (QED) is 0.402. The number of ether oxygens (including phenoxy) is 2. The molecule has 0 aliphatic carbocycles. The molecule has 0 aliphatic heterocycles. The van der Waals surface area contributed by atoms with Crippen LogP contribution in [0.4, 0.5) is 5.69 Å². The topological polar surface area (TPSA) is 51.1 Å². The van der Waals surface area contributed by atoms with Gasteiger partial charge in [-0.2, -0.15) is 0 Å². The third-order valence-electron chi connectivity index (χ3n) is 3.21. The first-order chi connectivity index (χ1) is 12.3. The van der Waals surface area contributed by atoms with Gasteiger partial charge in [-0.3, -0.25) is 0 Å². The summed E-state index contributed by atoms with van der Waals surface area (Å²) in [5, 5.41) is 9.38. The molecule has 0 amide bonds. The molecule has 0 atom stereocenters. The normalized spacial score (nSPS) is 11.4. The fourth-order valence-electron chi connectivity index (χ4n) is 2.03. The Labute approximate surface area is 146 Å². The highest BCUT2D eigenvalue weighted by Crippen LogP contribution is 2.18. The van der Waals surface area contributed by atoms with Crippen molar-refractivity contribution in [2.75, 3.05) is 0 Å². The van der Waals surface area contributed by atoms with Gasteiger partial charge < -0.3 is 14.6 Å². The summed E-state index contributed by atoms with van der Waals surface area (Å²) >= 11 is 0. The molecule has 0 saturated heterocycles. The Morgan fingerprint density at radius 3 is 2.00 bits per heavy atom. The van der Waals surface area contributed by atoms with Crippen LogP contribution in [-0.2, 0) is 0 Å². The monoisotopic (exact) mass is 331 g/mol. The minimum absolute atomic E-state index is 0.187. The number of benzene rings is 3. The first-order valence-electron chi connectivity index (χ1n) is 7.78. The number of phenols is 1. The predicted octanol–water partition coefficient (Wildman–Crippen LogP) is 5.09. The molecule has 124 valence electrons. The zero-order valence-electron chi connectivity index (χ0n) is 13.4. The van der Waals surface area contributed by atoms with Gasteiger partial charge in [0.25, 0.3) is 0 Å². The molecule has 0 unspecified atom stereocenters. The third-order valence-corrected chi connectivity index (χ3v) is 3.21. The van der Waals surface area contributed by atoms with Crippen molar-refractivity contribution in [3.63, 3.8) is 0 Å². The second-order valence-corrected chi connectivity index (χ2v) is 5.12. The van der Waals surface area contributed by atoms with E-state index in [0.717, 1.165) is 5.75 Å². The molecule has 0 saturated carbocycles. The Balaban J connectivity index is 1.79. The van der Waals surface area contributed by atoms with E-state index >= 15 is 0 Å². The molecule has 0 bridgehead atoms. The van der Waals surface area contributed by atoms with Crippen LogP contribution >= 0.6 is 0 Å². The number of aliphatic imine (C=N–C) groups is 1. The first-order valence-corrected chi connectivity index (χ1v) is 7.78. The number of para-hydroxylation sites is 2. The van der Waals surface area contributed by atoms with Crippen molar-refractivity contribution in [1.82, 2.24) is 0 Å². The predicted molar refractivity (Wildman–Crippen MR) is 98.5 cm³/mol. The van der Waals surface area contributed by atoms with Gasteiger partial charge in [-0.15, -0.1) is 0 Å². The fourth-order valence-corrected chi connectivity index (χ4v) is 2.03. The molecule has 0 radical (unpaired) electrons. The number of hydrogen-bond donors (Lipinski definition) is 1. The number of hydrogen-bond acceptors (Lipinski definition) is 4. The van der Waals surface area contributed by atoms with Crippen LogP contribution in [0.1, 0.15) is 0 Å². The summed E-state index contributed by atoms with van der Waals surface area (Å²) in [5.74, 6) is 1.95. The Morgan fingerprint density at radius 2 is 1.36 bits per heavy atom. The van der Waals surface area contributed by atoms with Crippen LogP contribution in [0.25, 0.3) is 0 Å². The van der Waals surface area contributed by atoms with Gasteiger partial charge in [0.1, 0.15) is 17.2 Å². The zero-order chi connectivity index (χ0) is 17.3. The second-order valence-electron chi connectivity index (χ2n) is 5.12. The molecule has 1 N–H and O–H groups in total. The van der Waals surface area contributed by atoms with Crippen LogP contribution in [0.15, 0.2) is 102 Å². The zero-order valence-corrected chi connectivity index (χ0v) is 13.4. The Kier molecular flexibility index (Phi) is 5.46. The minimum Gasteiger partial charge on any atom is -0.508 e. The Hall–Kier alpha value is -3.53. The van der Waals surface area contributed by atoms with Crippen molar-refractivity contribution in [2.45, 2.75) is 0 Å². The van der Waals surface area contributed by atoms with Crippen LogP contribution in [-0.4, -0.2) is 11.0 Å². The van der Waals surface area contributed by atoms with E-state index in [-0.39, 0.29) is 5.75 Å². The lowest BCUT2D eigenvalue weighted by Crippen LogP contribution is -2.05. The Bertz CT molecular complexity index is 841. The Morgan fingerprint density at radius 1 is 0.760 bits per heavy atom. The van der Waals surface area contributed by atoms with Gasteiger partial charge in [0.05, 0.1) is 11.9 Å². The molecule has 4 nitrogen and oxygen atoms in total. The van der Waals surface area contributed by atoms with Crippen LogP contribution in [0, 0.1) is 0 Å². The maximum Gasteiger partial charge on any atom is 0.222 e. The summed E-state index contributed by atoms with van der Waals surface area (Å²) in [7, 11) is 0. The van der Waals surface area contributed by atoms with Crippen LogP contribution < -0.4 is 9.47 Å². The molecule has 0 spiro atoms. The summed E-state index contributed by atoms with van der Waals surface area (Å²) in [6.07, 6.45) is 3.17. The highest BCUT2D eigenvalue weighted by molar-refractivity contribution is 5.91. The molecular weight excluding hydrogens is 314 g/mol. The molecule has 0 aromatic heterocycles.